The van der Waals surface area contributed by atoms with Gasteiger partial charge in [0, 0.05) is 10.5 Å². The minimum Gasteiger partial charge on any atom is -0.496 e. The molecule has 2 rings (SSSR count). The Balaban J connectivity index is 2.16. The first-order chi connectivity index (χ1) is 9.13. The molecule has 0 spiro atoms. The van der Waals surface area contributed by atoms with Crippen molar-refractivity contribution in [2.45, 2.75) is 38.6 Å². The van der Waals surface area contributed by atoms with Gasteiger partial charge < -0.3 is 10.1 Å². The summed E-state index contributed by atoms with van der Waals surface area (Å²) in [4.78, 5) is 0. The molecule has 1 aromatic carbocycles. The summed E-state index contributed by atoms with van der Waals surface area (Å²) in [6.07, 6.45) is 5.04. The van der Waals surface area contributed by atoms with E-state index in [4.69, 9.17) is 4.74 Å². The van der Waals surface area contributed by atoms with Crippen LogP contribution in [-0.4, -0.2) is 20.2 Å². The second kappa shape index (κ2) is 6.76. The molecule has 1 N–H and O–H groups in total. The number of hydrogen-bond acceptors (Lipinski definition) is 2. The van der Waals surface area contributed by atoms with Crippen molar-refractivity contribution >= 4 is 15.9 Å². The Labute approximate surface area is 125 Å². The van der Waals surface area contributed by atoms with Crippen molar-refractivity contribution < 1.29 is 4.74 Å². The van der Waals surface area contributed by atoms with Gasteiger partial charge in [-0.3, -0.25) is 0 Å². The van der Waals surface area contributed by atoms with E-state index >= 15 is 0 Å². The fourth-order valence-electron chi connectivity index (χ4n) is 3.29. The smallest absolute Gasteiger partial charge is 0.122 e. The van der Waals surface area contributed by atoms with Crippen LogP contribution in [0.1, 0.15) is 31.7 Å². The van der Waals surface area contributed by atoms with E-state index in [2.05, 4.69) is 47.4 Å². The molecule has 3 atom stereocenters. The van der Waals surface area contributed by atoms with Gasteiger partial charge in [0.1, 0.15) is 5.75 Å². The van der Waals surface area contributed by atoms with Crippen LogP contribution >= 0.6 is 15.9 Å². The highest BCUT2D eigenvalue weighted by atomic mass is 79.9. The molecule has 106 valence electrons. The predicted molar refractivity (Wildman–Crippen MR) is 83.8 cm³/mol. The molecular weight excluding hydrogens is 302 g/mol. The SMILES string of the molecule is CNC1CCC(C)CC1Cc1cc(Br)ccc1OC. The lowest BCUT2D eigenvalue weighted by molar-refractivity contribution is 0.219. The van der Waals surface area contributed by atoms with Crippen molar-refractivity contribution in [3.05, 3.63) is 28.2 Å². The quantitative estimate of drug-likeness (QED) is 0.902. The predicted octanol–water partition coefficient (Wildman–Crippen LogP) is 4.02. The maximum absolute atomic E-state index is 5.50. The first kappa shape index (κ1) is 14.9. The topological polar surface area (TPSA) is 21.3 Å². The van der Waals surface area contributed by atoms with Gasteiger partial charge in [0.2, 0.25) is 0 Å². The zero-order valence-electron chi connectivity index (χ0n) is 12.1. The van der Waals surface area contributed by atoms with E-state index in [9.17, 15) is 0 Å². The normalized spacial score (nSPS) is 27.3. The standard InChI is InChI=1S/C16H24BrNO/c1-11-4-6-15(18-2)12(8-11)9-13-10-14(17)5-7-16(13)19-3/h5,7,10-12,15,18H,4,6,8-9H2,1-3H3. The molecule has 0 aromatic heterocycles. The first-order valence-electron chi connectivity index (χ1n) is 7.13. The van der Waals surface area contributed by atoms with E-state index < -0.39 is 0 Å². The molecule has 1 saturated carbocycles. The van der Waals surface area contributed by atoms with Gasteiger partial charge in [0.25, 0.3) is 0 Å². The van der Waals surface area contributed by atoms with Crippen molar-refractivity contribution in [1.29, 1.82) is 0 Å². The highest BCUT2D eigenvalue weighted by Crippen LogP contribution is 2.34. The summed E-state index contributed by atoms with van der Waals surface area (Å²) in [5.74, 6) is 2.56. The van der Waals surface area contributed by atoms with Crippen LogP contribution in [-0.2, 0) is 6.42 Å². The Hall–Kier alpha value is -0.540. The molecule has 3 unspecified atom stereocenters. The lowest BCUT2D eigenvalue weighted by Crippen LogP contribution is -2.39. The number of rotatable bonds is 4. The van der Waals surface area contributed by atoms with Gasteiger partial charge >= 0.3 is 0 Å². The Morgan fingerprint density at radius 2 is 2.16 bits per heavy atom. The van der Waals surface area contributed by atoms with Crippen molar-refractivity contribution in [2.75, 3.05) is 14.2 Å². The molecule has 0 saturated heterocycles. The largest absolute Gasteiger partial charge is 0.496 e. The molecule has 1 fully saturated rings. The maximum atomic E-state index is 5.50. The van der Waals surface area contributed by atoms with E-state index in [-0.39, 0.29) is 0 Å². The molecule has 1 aromatic rings. The van der Waals surface area contributed by atoms with Gasteiger partial charge in [-0.2, -0.15) is 0 Å². The van der Waals surface area contributed by atoms with Gasteiger partial charge in [0.05, 0.1) is 7.11 Å². The molecule has 0 bridgehead atoms. The van der Waals surface area contributed by atoms with Crippen molar-refractivity contribution in [2.24, 2.45) is 11.8 Å². The van der Waals surface area contributed by atoms with Crippen molar-refractivity contribution in [3.8, 4) is 5.75 Å². The number of benzene rings is 1. The minimum atomic E-state index is 0.639. The van der Waals surface area contributed by atoms with Gasteiger partial charge in [-0.1, -0.05) is 22.9 Å². The molecular formula is C16H24BrNO. The van der Waals surface area contributed by atoms with E-state index in [1.54, 1.807) is 7.11 Å². The Morgan fingerprint density at radius 1 is 1.37 bits per heavy atom. The second-order valence-electron chi connectivity index (χ2n) is 5.73. The van der Waals surface area contributed by atoms with Crippen LogP contribution in [0.5, 0.6) is 5.75 Å². The van der Waals surface area contributed by atoms with Crippen LogP contribution in [0.2, 0.25) is 0 Å². The fourth-order valence-corrected chi connectivity index (χ4v) is 3.70. The first-order valence-corrected chi connectivity index (χ1v) is 7.93. The zero-order chi connectivity index (χ0) is 13.8. The zero-order valence-corrected chi connectivity index (χ0v) is 13.7. The summed E-state index contributed by atoms with van der Waals surface area (Å²) < 4.78 is 6.63. The second-order valence-corrected chi connectivity index (χ2v) is 6.65. The van der Waals surface area contributed by atoms with Gasteiger partial charge in [-0.25, -0.2) is 0 Å². The lowest BCUT2D eigenvalue weighted by Gasteiger charge is -2.35. The molecule has 0 heterocycles. The molecule has 0 aliphatic heterocycles. The summed E-state index contributed by atoms with van der Waals surface area (Å²) >= 11 is 3.56. The maximum Gasteiger partial charge on any atom is 0.122 e. The number of nitrogens with one attached hydrogen (secondary N) is 1. The van der Waals surface area contributed by atoms with Gasteiger partial charge in [0.15, 0.2) is 0 Å². The number of methoxy groups -OCH3 is 1. The third kappa shape index (κ3) is 3.73. The summed E-state index contributed by atoms with van der Waals surface area (Å²) in [6, 6.07) is 6.94. The Bertz CT molecular complexity index is 421. The van der Waals surface area contributed by atoms with E-state index in [0.29, 0.717) is 12.0 Å². The van der Waals surface area contributed by atoms with Crippen LogP contribution < -0.4 is 10.1 Å². The summed E-state index contributed by atoms with van der Waals surface area (Å²) in [7, 11) is 3.84. The van der Waals surface area contributed by atoms with Crippen molar-refractivity contribution in [3.63, 3.8) is 0 Å². The highest BCUT2D eigenvalue weighted by molar-refractivity contribution is 9.10. The Kier molecular flexibility index (Phi) is 5.28. The fraction of sp³-hybridized carbons (Fsp3) is 0.625. The van der Waals surface area contributed by atoms with E-state index in [1.807, 2.05) is 6.07 Å². The molecule has 0 radical (unpaired) electrons. The molecule has 19 heavy (non-hydrogen) atoms. The van der Waals surface area contributed by atoms with Gasteiger partial charge in [-0.05, 0) is 68.3 Å². The van der Waals surface area contributed by atoms with Crippen LogP contribution in [0.3, 0.4) is 0 Å². The molecule has 1 aliphatic rings. The van der Waals surface area contributed by atoms with E-state index in [1.165, 1.54) is 24.8 Å². The molecule has 0 amide bonds. The summed E-state index contributed by atoms with van der Waals surface area (Å²) in [5, 5.41) is 3.49. The minimum absolute atomic E-state index is 0.639. The molecule has 2 nitrogen and oxygen atoms in total. The third-order valence-corrected chi connectivity index (χ3v) is 4.83. The monoisotopic (exact) mass is 325 g/mol. The van der Waals surface area contributed by atoms with Crippen LogP contribution in [0, 0.1) is 11.8 Å². The lowest BCUT2D eigenvalue weighted by atomic mass is 9.76. The average Bonchev–Trinajstić information content (AvgIpc) is 2.39. The molecule has 3 heteroatoms. The summed E-state index contributed by atoms with van der Waals surface area (Å²) in [6.45, 7) is 2.37. The van der Waals surface area contributed by atoms with Crippen LogP contribution in [0.25, 0.3) is 0 Å². The van der Waals surface area contributed by atoms with Crippen LogP contribution in [0.15, 0.2) is 22.7 Å². The van der Waals surface area contributed by atoms with Crippen molar-refractivity contribution in [1.82, 2.24) is 5.32 Å². The van der Waals surface area contributed by atoms with Gasteiger partial charge in [-0.15, -0.1) is 0 Å². The highest BCUT2D eigenvalue weighted by Gasteiger charge is 2.28. The number of hydrogen-bond donors (Lipinski definition) is 1. The Morgan fingerprint density at radius 3 is 2.84 bits per heavy atom. The number of halogens is 1. The summed E-state index contributed by atoms with van der Waals surface area (Å²) in [5.41, 5.74) is 1.32. The average molecular weight is 326 g/mol. The third-order valence-electron chi connectivity index (χ3n) is 4.34. The van der Waals surface area contributed by atoms with Crippen LogP contribution in [0.4, 0.5) is 0 Å². The molecule has 1 aliphatic carbocycles. The number of ether oxygens (including phenoxy) is 1. The van der Waals surface area contributed by atoms with E-state index in [0.717, 1.165) is 22.6 Å².